The van der Waals surface area contributed by atoms with Crippen LogP contribution in [0.1, 0.15) is 42.7 Å². The minimum absolute atomic E-state index is 0.0189. The number of fused-ring (bicyclic) bond motifs is 1. The smallest absolute Gasteiger partial charge is 0.410 e. The van der Waals surface area contributed by atoms with Crippen LogP contribution in [0.4, 0.5) is 13.6 Å². The molecule has 1 aromatic heterocycles. The molecule has 4 aromatic rings. The van der Waals surface area contributed by atoms with Gasteiger partial charge in [0, 0.05) is 41.1 Å². The van der Waals surface area contributed by atoms with E-state index in [-0.39, 0.29) is 31.1 Å². The molecule has 5 rings (SSSR count). The molecule has 9 heteroatoms. The van der Waals surface area contributed by atoms with E-state index in [2.05, 4.69) is 15.9 Å². The first kappa shape index (κ1) is 27.7. The van der Waals surface area contributed by atoms with Crippen LogP contribution < -0.4 is 0 Å². The second-order valence-corrected chi connectivity index (χ2v) is 11.6. The molecule has 1 saturated heterocycles. The fourth-order valence-corrected chi connectivity index (χ4v) is 5.27. The van der Waals surface area contributed by atoms with Gasteiger partial charge < -0.3 is 14.5 Å². The molecule has 0 bridgehead atoms. The Morgan fingerprint density at radius 1 is 0.950 bits per heavy atom. The van der Waals surface area contributed by atoms with E-state index in [1.165, 1.54) is 17.0 Å². The van der Waals surface area contributed by atoms with Crippen molar-refractivity contribution in [1.29, 1.82) is 0 Å². The number of hydrogen-bond acceptors (Lipinski definition) is 4. The largest absolute Gasteiger partial charge is 0.444 e. The molecule has 1 aliphatic heterocycles. The summed E-state index contributed by atoms with van der Waals surface area (Å²) in [7, 11) is 0. The fourth-order valence-electron chi connectivity index (χ4n) is 4.87. The van der Waals surface area contributed by atoms with Crippen LogP contribution in [0.2, 0.25) is 0 Å². The van der Waals surface area contributed by atoms with Crippen molar-refractivity contribution in [1.82, 2.24) is 14.8 Å². The number of nitrogens with zero attached hydrogens (tertiary/aromatic N) is 3. The summed E-state index contributed by atoms with van der Waals surface area (Å²) in [6, 6.07) is 19.1. The van der Waals surface area contributed by atoms with Gasteiger partial charge in [0.25, 0.3) is 5.91 Å². The maximum absolute atomic E-state index is 14.3. The van der Waals surface area contributed by atoms with Crippen molar-refractivity contribution in [2.75, 3.05) is 19.6 Å². The Balaban J connectivity index is 1.58. The van der Waals surface area contributed by atoms with Crippen molar-refractivity contribution >= 4 is 38.8 Å². The zero-order valence-corrected chi connectivity index (χ0v) is 23.9. The second-order valence-electron chi connectivity index (χ2n) is 10.7. The highest BCUT2D eigenvalue weighted by Gasteiger charge is 2.36. The van der Waals surface area contributed by atoms with Gasteiger partial charge in [0.2, 0.25) is 0 Å². The zero-order chi connectivity index (χ0) is 28.6. The number of para-hydroxylation sites is 1. The zero-order valence-electron chi connectivity index (χ0n) is 22.3. The Morgan fingerprint density at radius 2 is 1.68 bits per heavy atom. The third-order valence-electron chi connectivity index (χ3n) is 6.63. The predicted molar refractivity (Wildman–Crippen MR) is 153 cm³/mol. The van der Waals surface area contributed by atoms with E-state index in [0.717, 1.165) is 16.1 Å². The van der Waals surface area contributed by atoms with Crippen molar-refractivity contribution in [3.63, 3.8) is 0 Å². The molecule has 2 amide bonds. The molecule has 6 nitrogen and oxygen atoms in total. The summed E-state index contributed by atoms with van der Waals surface area (Å²) in [4.78, 5) is 35.0. The highest BCUT2D eigenvalue weighted by molar-refractivity contribution is 9.10. The topological polar surface area (TPSA) is 62.7 Å². The van der Waals surface area contributed by atoms with Crippen LogP contribution in [0.5, 0.6) is 0 Å². The summed E-state index contributed by atoms with van der Waals surface area (Å²) < 4.78 is 35.1. The number of rotatable bonds is 3. The van der Waals surface area contributed by atoms with Crippen LogP contribution in [0.25, 0.3) is 22.2 Å². The Bertz CT molecular complexity index is 1580. The van der Waals surface area contributed by atoms with Crippen LogP contribution in [0, 0.1) is 11.6 Å². The van der Waals surface area contributed by atoms with E-state index in [0.29, 0.717) is 22.2 Å². The number of carbonyl (C=O) groups excluding carboxylic acids is 2. The van der Waals surface area contributed by atoms with Crippen molar-refractivity contribution in [2.45, 2.75) is 32.4 Å². The number of amides is 2. The van der Waals surface area contributed by atoms with Crippen LogP contribution in [-0.2, 0) is 4.74 Å². The van der Waals surface area contributed by atoms with Gasteiger partial charge in [-0.15, -0.1) is 0 Å². The van der Waals surface area contributed by atoms with Crippen LogP contribution in [0.15, 0.2) is 77.3 Å². The summed E-state index contributed by atoms with van der Waals surface area (Å²) >= 11 is 3.49. The first-order valence-corrected chi connectivity index (χ1v) is 13.7. The monoisotopic (exact) mass is 607 g/mol. The molecular weight excluding hydrogens is 580 g/mol. The molecule has 0 spiro atoms. The number of carbonyl (C=O) groups is 2. The maximum Gasteiger partial charge on any atom is 0.410 e. The summed E-state index contributed by atoms with van der Waals surface area (Å²) in [5, 5.41) is 0.657. The molecule has 0 aliphatic carbocycles. The number of hydrogen-bond donors (Lipinski definition) is 0. The fraction of sp³-hybridized carbons (Fsp3) is 0.258. The quantitative estimate of drug-likeness (QED) is 0.244. The lowest BCUT2D eigenvalue weighted by Gasteiger charge is -2.42. The van der Waals surface area contributed by atoms with Crippen molar-refractivity contribution in [3.8, 4) is 11.3 Å². The lowest BCUT2D eigenvalue weighted by molar-refractivity contribution is 0.00408. The first-order chi connectivity index (χ1) is 19.0. The van der Waals surface area contributed by atoms with Gasteiger partial charge in [0.15, 0.2) is 0 Å². The average Bonchev–Trinajstić information content (AvgIpc) is 2.90. The Morgan fingerprint density at radius 3 is 2.38 bits per heavy atom. The van der Waals surface area contributed by atoms with Gasteiger partial charge in [-0.1, -0.05) is 46.3 Å². The molecule has 1 fully saturated rings. The summed E-state index contributed by atoms with van der Waals surface area (Å²) in [6.07, 6.45) is -0.548. The SMILES string of the molecule is CC(C)(C)OC(=O)N1CCN(C(=O)c2cc(-c3cccc(Br)c3)nc3ccccc23)C(c2cc(F)cc(F)c2)C1. The molecule has 0 saturated carbocycles. The molecule has 0 radical (unpaired) electrons. The maximum atomic E-state index is 14.3. The second kappa shape index (κ2) is 11.0. The van der Waals surface area contributed by atoms with E-state index in [1.807, 2.05) is 48.5 Å². The molecular formula is C31H28BrF2N3O3. The number of aromatic nitrogens is 1. The first-order valence-electron chi connectivity index (χ1n) is 12.9. The highest BCUT2D eigenvalue weighted by Crippen LogP contribution is 2.33. The van der Waals surface area contributed by atoms with Gasteiger partial charge in [0.1, 0.15) is 17.2 Å². The molecule has 1 unspecified atom stereocenters. The standard InChI is InChI=1S/C31H28BrF2N3O3/c1-31(2,3)40-30(39)36-11-12-37(28(18-36)20-14-22(33)16-23(34)15-20)29(38)25-17-27(19-7-6-8-21(32)13-19)35-26-10-5-4-9-24(25)26/h4-10,13-17,28H,11-12,18H2,1-3H3. The number of halogens is 3. The van der Waals surface area contributed by atoms with Gasteiger partial charge in [0.05, 0.1) is 22.8 Å². The molecule has 1 atom stereocenters. The average molecular weight is 608 g/mol. The lowest BCUT2D eigenvalue weighted by atomic mass is 9.98. The summed E-state index contributed by atoms with van der Waals surface area (Å²) in [5.74, 6) is -1.85. The number of ether oxygens (including phenoxy) is 1. The van der Waals surface area contributed by atoms with Crippen molar-refractivity contribution in [2.24, 2.45) is 0 Å². The van der Waals surface area contributed by atoms with E-state index in [1.54, 1.807) is 31.7 Å². The van der Waals surface area contributed by atoms with Gasteiger partial charge in [-0.05, 0) is 62.7 Å². The van der Waals surface area contributed by atoms with Crippen LogP contribution in [0.3, 0.4) is 0 Å². The van der Waals surface area contributed by atoms with Gasteiger partial charge in [-0.25, -0.2) is 18.6 Å². The Kier molecular flexibility index (Phi) is 7.59. The minimum atomic E-state index is -0.805. The highest BCUT2D eigenvalue weighted by atomic mass is 79.9. The van der Waals surface area contributed by atoms with E-state index in [4.69, 9.17) is 9.72 Å². The Hall–Kier alpha value is -3.85. The summed E-state index contributed by atoms with van der Waals surface area (Å²) in [5.41, 5.74) is 2.03. The van der Waals surface area contributed by atoms with Gasteiger partial charge in [-0.2, -0.15) is 0 Å². The normalized spacial score (nSPS) is 15.8. The van der Waals surface area contributed by atoms with Crippen LogP contribution >= 0.6 is 15.9 Å². The van der Waals surface area contributed by atoms with Crippen molar-refractivity contribution in [3.05, 3.63) is 100 Å². The van der Waals surface area contributed by atoms with Crippen molar-refractivity contribution < 1.29 is 23.1 Å². The lowest BCUT2D eigenvalue weighted by Crippen LogP contribution is -2.53. The number of piperazine rings is 1. The third-order valence-corrected chi connectivity index (χ3v) is 7.12. The molecule has 2 heterocycles. The van der Waals surface area contributed by atoms with Crippen LogP contribution in [-0.4, -0.2) is 52.0 Å². The number of benzene rings is 3. The molecule has 206 valence electrons. The molecule has 0 N–H and O–H groups in total. The predicted octanol–water partition coefficient (Wildman–Crippen LogP) is 7.38. The van der Waals surface area contributed by atoms with E-state index in [9.17, 15) is 18.4 Å². The molecule has 40 heavy (non-hydrogen) atoms. The minimum Gasteiger partial charge on any atom is -0.444 e. The van der Waals surface area contributed by atoms with E-state index >= 15 is 0 Å². The van der Waals surface area contributed by atoms with Gasteiger partial charge >= 0.3 is 6.09 Å². The third kappa shape index (κ3) is 5.99. The molecule has 3 aromatic carbocycles. The molecule has 1 aliphatic rings. The Labute approximate surface area is 239 Å². The summed E-state index contributed by atoms with van der Waals surface area (Å²) in [6.45, 7) is 5.66. The van der Waals surface area contributed by atoms with Gasteiger partial charge in [-0.3, -0.25) is 4.79 Å². The number of pyridine rings is 1. The van der Waals surface area contributed by atoms with E-state index < -0.39 is 29.4 Å².